The minimum atomic E-state index is -0.736. The Balaban J connectivity index is 1.45. The molecular formula is C33H29Cl4NO8. The van der Waals surface area contributed by atoms with E-state index in [1.807, 2.05) is 0 Å². The fraction of sp³-hybridized carbons (Fsp3) is 0.303. The van der Waals surface area contributed by atoms with Crippen molar-refractivity contribution in [2.45, 2.75) is 40.2 Å². The SMILES string of the molecule is CCOC(=O)C(C)C(c1ccc(COC(=O)c2ccc(N3C(=O)c4c(Cl)c(Cl)c(Cl)c(Cl)c4C3=O)cc2)cc1)C(C)C(=O)OCC. The van der Waals surface area contributed by atoms with Crippen molar-refractivity contribution in [1.29, 1.82) is 0 Å². The lowest BCUT2D eigenvalue weighted by molar-refractivity contribution is -0.152. The van der Waals surface area contributed by atoms with Gasteiger partial charge in [0, 0.05) is 5.92 Å². The first kappa shape index (κ1) is 35.2. The van der Waals surface area contributed by atoms with Crippen LogP contribution in [0, 0.1) is 11.8 Å². The quantitative estimate of drug-likeness (QED) is 0.0648. The lowest BCUT2D eigenvalue weighted by atomic mass is 9.78. The molecule has 9 nitrogen and oxygen atoms in total. The lowest BCUT2D eigenvalue weighted by Crippen LogP contribution is -2.31. The Hall–Kier alpha value is -3.63. The van der Waals surface area contributed by atoms with Gasteiger partial charge in [-0.3, -0.25) is 19.2 Å². The van der Waals surface area contributed by atoms with Crippen LogP contribution < -0.4 is 4.90 Å². The number of benzene rings is 3. The molecule has 0 saturated heterocycles. The highest BCUT2D eigenvalue weighted by atomic mass is 35.5. The lowest BCUT2D eigenvalue weighted by Gasteiger charge is -2.27. The fourth-order valence-electron chi connectivity index (χ4n) is 5.25. The monoisotopic (exact) mass is 707 g/mol. The van der Waals surface area contributed by atoms with E-state index in [4.69, 9.17) is 60.6 Å². The van der Waals surface area contributed by atoms with Crippen LogP contribution in [0.2, 0.25) is 20.1 Å². The predicted molar refractivity (Wildman–Crippen MR) is 174 cm³/mol. The van der Waals surface area contributed by atoms with Crippen LogP contribution in [0.15, 0.2) is 48.5 Å². The number of anilines is 1. The highest BCUT2D eigenvalue weighted by molar-refractivity contribution is 6.56. The van der Waals surface area contributed by atoms with Gasteiger partial charge in [-0.2, -0.15) is 0 Å². The summed E-state index contributed by atoms with van der Waals surface area (Å²) in [4.78, 5) is 65.0. The predicted octanol–water partition coefficient (Wildman–Crippen LogP) is 7.94. The fourth-order valence-corrected chi connectivity index (χ4v) is 6.26. The molecule has 0 fully saturated rings. The third-order valence-electron chi connectivity index (χ3n) is 7.59. The molecule has 0 aromatic heterocycles. The average Bonchev–Trinajstić information content (AvgIpc) is 3.31. The molecule has 1 heterocycles. The maximum absolute atomic E-state index is 13.1. The molecule has 3 aromatic carbocycles. The van der Waals surface area contributed by atoms with Crippen molar-refractivity contribution < 1.29 is 38.2 Å². The number of ether oxygens (including phenoxy) is 3. The first-order valence-electron chi connectivity index (χ1n) is 14.3. The second-order valence-electron chi connectivity index (χ2n) is 10.4. The van der Waals surface area contributed by atoms with E-state index in [9.17, 15) is 24.0 Å². The van der Waals surface area contributed by atoms with E-state index in [0.29, 0.717) is 5.56 Å². The van der Waals surface area contributed by atoms with E-state index in [1.54, 1.807) is 52.0 Å². The van der Waals surface area contributed by atoms with E-state index in [0.717, 1.165) is 10.5 Å². The largest absolute Gasteiger partial charge is 0.466 e. The van der Waals surface area contributed by atoms with Crippen LogP contribution >= 0.6 is 46.4 Å². The second-order valence-corrected chi connectivity index (χ2v) is 11.9. The maximum atomic E-state index is 13.1. The molecule has 0 N–H and O–H groups in total. The Morgan fingerprint density at radius 1 is 0.674 bits per heavy atom. The van der Waals surface area contributed by atoms with Crippen LogP contribution in [0.25, 0.3) is 0 Å². The molecule has 0 radical (unpaired) electrons. The van der Waals surface area contributed by atoms with Crippen molar-refractivity contribution in [3.05, 3.63) is 96.4 Å². The van der Waals surface area contributed by atoms with Crippen LogP contribution in [0.3, 0.4) is 0 Å². The zero-order valence-electron chi connectivity index (χ0n) is 25.2. The number of fused-ring (bicyclic) bond motifs is 1. The van der Waals surface area contributed by atoms with Crippen molar-refractivity contribution in [3.63, 3.8) is 0 Å². The zero-order chi connectivity index (χ0) is 33.9. The van der Waals surface area contributed by atoms with Crippen LogP contribution in [0.5, 0.6) is 0 Å². The number of halogens is 4. The number of carbonyl (C=O) groups is 5. The van der Waals surface area contributed by atoms with Gasteiger partial charge in [-0.05, 0) is 49.2 Å². The first-order valence-corrected chi connectivity index (χ1v) is 15.8. The van der Waals surface area contributed by atoms with Crippen LogP contribution in [-0.4, -0.2) is 42.9 Å². The standard InChI is InChI=1S/C33H29Cl4NO8/c1-5-44-31(41)16(3)22(17(4)32(42)45-6-2)19-9-7-18(8-10-19)15-46-33(43)20-11-13-21(14-12-20)38-29(39)23-24(30(38)40)26(35)28(37)27(36)25(23)34/h7-14,16-17,22H,5-6,15H2,1-4H3. The van der Waals surface area contributed by atoms with Gasteiger partial charge >= 0.3 is 17.9 Å². The van der Waals surface area contributed by atoms with Gasteiger partial charge in [0.2, 0.25) is 0 Å². The summed E-state index contributed by atoms with van der Waals surface area (Å²) in [5, 5.41) is -0.643. The second kappa shape index (κ2) is 14.9. The molecule has 2 atom stereocenters. The van der Waals surface area contributed by atoms with E-state index in [-0.39, 0.29) is 62.3 Å². The number of nitrogens with zero attached hydrogens (tertiary/aromatic N) is 1. The summed E-state index contributed by atoms with van der Waals surface area (Å²) in [6.45, 7) is 7.22. The van der Waals surface area contributed by atoms with Crippen molar-refractivity contribution >= 4 is 81.8 Å². The summed E-state index contributed by atoms with van der Waals surface area (Å²) in [5.74, 6) is -4.69. The van der Waals surface area contributed by atoms with Gasteiger partial charge in [-0.15, -0.1) is 0 Å². The van der Waals surface area contributed by atoms with Crippen molar-refractivity contribution in [2.75, 3.05) is 18.1 Å². The highest BCUT2D eigenvalue weighted by Gasteiger charge is 2.42. The molecule has 242 valence electrons. The summed E-state index contributed by atoms with van der Waals surface area (Å²) >= 11 is 24.6. The molecule has 3 aromatic rings. The molecule has 0 saturated carbocycles. The van der Waals surface area contributed by atoms with Crippen molar-refractivity contribution in [2.24, 2.45) is 11.8 Å². The normalized spacial score (nSPS) is 14.4. The Morgan fingerprint density at radius 3 is 1.57 bits per heavy atom. The Kier molecular flexibility index (Phi) is 11.4. The number of hydrogen-bond donors (Lipinski definition) is 0. The molecule has 1 aliphatic rings. The molecule has 13 heteroatoms. The number of amides is 2. The molecular weight excluding hydrogens is 680 g/mol. The van der Waals surface area contributed by atoms with Crippen molar-refractivity contribution in [1.82, 2.24) is 0 Å². The molecule has 2 amide bonds. The number of hydrogen-bond acceptors (Lipinski definition) is 8. The van der Waals surface area contributed by atoms with Crippen LogP contribution in [0.1, 0.15) is 75.8 Å². The zero-order valence-corrected chi connectivity index (χ0v) is 28.2. The van der Waals surface area contributed by atoms with Gasteiger partial charge in [0.05, 0.1) is 67.5 Å². The van der Waals surface area contributed by atoms with Crippen LogP contribution in [0.4, 0.5) is 5.69 Å². The smallest absolute Gasteiger partial charge is 0.338 e. The molecule has 2 unspecified atom stereocenters. The van der Waals surface area contributed by atoms with Crippen molar-refractivity contribution in [3.8, 4) is 0 Å². The van der Waals surface area contributed by atoms with Gasteiger partial charge < -0.3 is 14.2 Å². The van der Waals surface area contributed by atoms with Gasteiger partial charge in [0.15, 0.2) is 0 Å². The molecule has 1 aliphatic heterocycles. The highest BCUT2D eigenvalue weighted by Crippen LogP contribution is 2.45. The van der Waals surface area contributed by atoms with E-state index in [2.05, 4.69) is 0 Å². The average molecular weight is 709 g/mol. The molecule has 46 heavy (non-hydrogen) atoms. The molecule has 0 spiro atoms. The van der Waals surface area contributed by atoms with Gasteiger partial charge in [0.1, 0.15) is 6.61 Å². The van der Waals surface area contributed by atoms with Gasteiger partial charge in [-0.25, -0.2) is 9.69 Å². The summed E-state index contributed by atoms with van der Waals surface area (Å²) < 4.78 is 15.9. The van der Waals surface area contributed by atoms with Crippen LogP contribution in [-0.2, 0) is 30.4 Å². The Morgan fingerprint density at radius 2 is 1.13 bits per heavy atom. The summed E-state index contributed by atoms with van der Waals surface area (Å²) in [6.07, 6.45) is 0. The van der Waals surface area contributed by atoms with Gasteiger partial charge in [0.25, 0.3) is 11.8 Å². The summed E-state index contributed by atoms with van der Waals surface area (Å²) in [5.41, 5.74) is 1.42. The Labute approximate surface area is 285 Å². The third kappa shape index (κ3) is 6.88. The number of imide groups is 1. The summed E-state index contributed by atoms with van der Waals surface area (Å²) in [6, 6.07) is 12.7. The summed E-state index contributed by atoms with van der Waals surface area (Å²) in [7, 11) is 0. The maximum Gasteiger partial charge on any atom is 0.338 e. The minimum absolute atomic E-state index is 0.0662. The molecule has 4 rings (SSSR count). The Bertz CT molecular complexity index is 1620. The van der Waals surface area contributed by atoms with E-state index in [1.165, 1.54) is 24.3 Å². The molecule has 0 bridgehead atoms. The van der Waals surface area contributed by atoms with Gasteiger partial charge in [-0.1, -0.05) is 84.5 Å². The number of esters is 3. The third-order valence-corrected chi connectivity index (χ3v) is 9.39. The molecule has 0 aliphatic carbocycles. The number of rotatable bonds is 11. The minimum Gasteiger partial charge on any atom is -0.466 e. The topological polar surface area (TPSA) is 116 Å². The van der Waals surface area contributed by atoms with E-state index < -0.39 is 47.5 Å². The van der Waals surface area contributed by atoms with E-state index >= 15 is 0 Å². The number of carbonyl (C=O) groups excluding carboxylic acids is 5. The first-order chi connectivity index (χ1) is 21.8.